The van der Waals surface area contributed by atoms with Gasteiger partial charge in [0, 0.05) is 41.9 Å². The summed E-state index contributed by atoms with van der Waals surface area (Å²) >= 11 is 1.22. The summed E-state index contributed by atoms with van der Waals surface area (Å²) in [7, 11) is -3.70. The Bertz CT molecular complexity index is 1250. The van der Waals surface area contributed by atoms with Gasteiger partial charge in [0.1, 0.15) is 0 Å². The summed E-state index contributed by atoms with van der Waals surface area (Å²) in [6, 6.07) is 12.6. The highest BCUT2D eigenvalue weighted by molar-refractivity contribution is 7.89. The van der Waals surface area contributed by atoms with Gasteiger partial charge in [0.05, 0.1) is 27.9 Å². The van der Waals surface area contributed by atoms with Crippen molar-refractivity contribution in [3.8, 4) is 0 Å². The zero-order chi connectivity index (χ0) is 22.0. The molecule has 1 aliphatic heterocycles. The summed E-state index contributed by atoms with van der Waals surface area (Å²) in [5.74, 6) is -0.373. The molecule has 2 heterocycles. The normalized spacial score (nSPS) is 15.1. The smallest absolute Gasteiger partial charge is 0.270 e. The molecule has 0 aliphatic carbocycles. The van der Waals surface area contributed by atoms with Crippen LogP contribution in [0.3, 0.4) is 0 Å². The number of nitrogens with one attached hydrogen (secondary N) is 1. The summed E-state index contributed by atoms with van der Waals surface area (Å²) in [6.07, 6.45) is 0. The molecule has 0 unspecified atom stereocenters. The van der Waals surface area contributed by atoms with Crippen LogP contribution in [0.2, 0.25) is 0 Å². The molecule has 1 aliphatic rings. The first-order valence-electron chi connectivity index (χ1n) is 9.48. The Morgan fingerprint density at radius 1 is 1.16 bits per heavy atom. The highest BCUT2D eigenvalue weighted by Gasteiger charge is 2.28. The van der Waals surface area contributed by atoms with E-state index in [9.17, 15) is 23.3 Å². The molecule has 0 saturated carbocycles. The summed E-state index contributed by atoms with van der Waals surface area (Å²) in [6.45, 7) is 1.31. The standard InChI is InChI=1S/C20H19N3O6S2/c24-20(18-12-15-11-16(23(25)26)5-6-17(15)30-18)21-13-14-3-1-2-4-19(14)31(27,28)22-7-9-29-10-8-22/h1-6,11-12H,7-10,13H2,(H,21,24). The van der Waals surface area contributed by atoms with Crippen LogP contribution in [0.5, 0.6) is 0 Å². The quantitative estimate of drug-likeness (QED) is 0.445. The summed E-state index contributed by atoms with van der Waals surface area (Å²) in [5.41, 5.74) is 0.443. The summed E-state index contributed by atoms with van der Waals surface area (Å²) < 4.78 is 33.4. The number of morpholine rings is 1. The molecule has 4 rings (SSSR count). The Balaban J connectivity index is 1.53. The number of nitro groups is 1. The number of nitrogens with zero attached hydrogens (tertiary/aromatic N) is 2. The van der Waals surface area contributed by atoms with E-state index >= 15 is 0 Å². The molecule has 162 valence electrons. The average Bonchev–Trinajstić information content (AvgIpc) is 3.22. The van der Waals surface area contributed by atoms with Crippen LogP contribution in [-0.4, -0.2) is 49.9 Å². The van der Waals surface area contributed by atoms with E-state index in [1.807, 2.05) is 0 Å². The van der Waals surface area contributed by atoms with Gasteiger partial charge in [-0.05, 0) is 23.8 Å². The number of non-ortho nitro benzene ring substituents is 1. The van der Waals surface area contributed by atoms with E-state index in [0.29, 0.717) is 29.0 Å². The van der Waals surface area contributed by atoms with Gasteiger partial charge in [-0.1, -0.05) is 18.2 Å². The minimum absolute atomic E-state index is 0.0347. The number of amides is 1. The fourth-order valence-corrected chi connectivity index (χ4v) is 5.94. The van der Waals surface area contributed by atoms with Gasteiger partial charge in [-0.15, -0.1) is 11.3 Å². The number of carbonyl (C=O) groups excluding carboxylic acids is 1. The number of sulfonamides is 1. The van der Waals surface area contributed by atoms with E-state index in [-0.39, 0.29) is 36.1 Å². The zero-order valence-electron chi connectivity index (χ0n) is 16.3. The van der Waals surface area contributed by atoms with Crippen LogP contribution in [0.25, 0.3) is 10.1 Å². The van der Waals surface area contributed by atoms with Crippen molar-refractivity contribution >= 4 is 43.0 Å². The first-order valence-corrected chi connectivity index (χ1v) is 11.7. The molecule has 0 atom stereocenters. The van der Waals surface area contributed by atoms with Gasteiger partial charge in [0.15, 0.2) is 0 Å². The number of thiophene rings is 1. The van der Waals surface area contributed by atoms with Gasteiger partial charge in [-0.25, -0.2) is 8.42 Å². The van der Waals surface area contributed by atoms with Crippen molar-refractivity contribution in [1.29, 1.82) is 0 Å². The number of benzene rings is 2. The first-order chi connectivity index (χ1) is 14.9. The fraction of sp³-hybridized carbons (Fsp3) is 0.250. The number of hydrogen-bond donors (Lipinski definition) is 1. The van der Waals surface area contributed by atoms with E-state index in [0.717, 1.165) is 4.70 Å². The molecule has 1 aromatic heterocycles. The highest BCUT2D eigenvalue weighted by atomic mass is 32.2. The average molecular weight is 462 g/mol. The largest absolute Gasteiger partial charge is 0.379 e. The molecule has 1 N–H and O–H groups in total. The Morgan fingerprint density at radius 3 is 2.65 bits per heavy atom. The van der Waals surface area contributed by atoms with Crippen molar-refractivity contribution in [1.82, 2.24) is 9.62 Å². The number of nitro benzene ring substituents is 1. The van der Waals surface area contributed by atoms with Gasteiger partial charge in [0.25, 0.3) is 11.6 Å². The molecule has 0 spiro atoms. The maximum atomic E-state index is 13.0. The molecule has 1 fully saturated rings. The SMILES string of the molecule is O=C(NCc1ccccc1S(=O)(=O)N1CCOCC1)c1cc2cc([N+](=O)[O-])ccc2s1. The Kier molecular flexibility index (Phi) is 6.01. The molecule has 9 nitrogen and oxygen atoms in total. The Labute approximate surface area is 182 Å². The molecule has 3 aromatic rings. The molecule has 1 amide bonds. The molecule has 0 bridgehead atoms. The lowest BCUT2D eigenvalue weighted by Crippen LogP contribution is -2.41. The zero-order valence-corrected chi connectivity index (χ0v) is 17.9. The first kappa shape index (κ1) is 21.4. The lowest BCUT2D eigenvalue weighted by molar-refractivity contribution is -0.384. The van der Waals surface area contributed by atoms with Crippen LogP contribution >= 0.6 is 11.3 Å². The lowest BCUT2D eigenvalue weighted by atomic mass is 10.2. The van der Waals surface area contributed by atoms with Crippen molar-refractivity contribution in [3.05, 3.63) is 69.1 Å². The predicted octanol–water partition coefficient (Wildman–Crippen LogP) is 2.76. The van der Waals surface area contributed by atoms with E-state index in [4.69, 9.17) is 4.74 Å². The number of hydrogen-bond acceptors (Lipinski definition) is 7. The van der Waals surface area contributed by atoms with Crippen LogP contribution in [-0.2, 0) is 21.3 Å². The number of ether oxygens (including phenoxy) is 1. The van der Waals surface area contributed by atoms with Crippen molar-refractivity contribution in [2.24, 2.45) is 0 Å². The molecular formula is C20H19N3O6S2. The van der Waals surface area contributed by atoms with Crippen LogP contribution in [0.1, 0.15) is 15.2 Å². The van der Waals surface area contributed by atoms with E-state index in [1.54, 1.807) is 30.3 Å². The second-order valence-corrected chi connectivity index (χ2v) is 9.89. The van der Waals surface area contributed by atoms with E-state index in [1.165, 1.54) is 33.8 Å². The molecule has 31 heavy (non-hydrogen) atoms. The maximum absolute atomic E-state index is 13.0. The topological polar surface area (TPSA) is 119 Å². The number of rotatable bonds is 6. The van der Waals surface area contributed by atoms with Gasteiger partial charge in [-0.2, -0.15) is 4.31 Å². The Morgan fingerprint density at radius 2 is 1.90 bits per heavy atom. The number of fused-ring (bicyclic) bond motifs is 1. The van der Waals surface area contributed by atoms with Crippen LogP contribution < -0.4 is 5.32 Å². The second kappa shape index (κ2) is 8.71. The number of carbonyl (C=O) groups is 1. The Hall–Kier alpha value is -2.86. The molecule has 0 radical (unpaired) electrons. The third-order valence-electron chi connectivity index (χ3n) is 4.93. The van der Waals surface area contributed by atoms with Crippen molar-refractivity contribution < 1.29 is 22.9 Å². The van der Waals surface area contributed by atoms with Gasteiger partial charge >= 0.3 is 0 Å². The van der Waals surface area contributed by atoms with E-state index < -0.39 is 14.9 Å². The third-order valence-corrected chi connectivity index (χ3v) is 8.05. The van der Waals surface area contributed by atoms with Crippen molar-refractivity contribution in [2.75, 3.05) is 26.3 Å². The van der Waals surface area contributed by atoms with Gasteiger partial charge < -0.3 is 10.1 Å². The molecule has 2 aromatic carbocycles. The van der Waals surface area contributed by atoms with Gasteiger partial charge in [-0.3, -0.25) is 14.9 Å². The molecule has 11 heteroatoms. The highest BCUT2D eigenvalue weighted by Crippen LogP contribution is 2.29. The maximum Gasteiger partial charge on any atom is 0.270 e. The van der Waals surface area contributed by atoms with Gasteiger partial charge in [0.2, 0.25) is 10.0 Å². The van der Waals surface area contributed by atoms with Crippen molar-refractivity contribution in [3.63, 3.8) is 0 Å². The van der Waals surface area contributed by atoms with E-state index in [2.05, 4.69) is 5.32 Å². The minimum Gasteiger partial charge on any atom is -0.379 e. The van der Waals surface area contributed by atoms with Crippen molar-refractivity contribution in [2.45, 2.75) is 11.4 Å². The third kappa shape index (κ3) is 4.44. The summed E-state index contributed by atoms with van der Waals surface area (Å²) in [4.78, 5) is 23.7. The molecular weight excluding hydrogens is 442 g/mol. The minimum atomic E-state index is -3.70. The molecule has 1 saturated heterocycles. The monoisotopic (exact) mass is 461 g/mol. The fourth-order valence-electron chi connectivity index (χ4n) is 3.35. The van der Waals surface area contributed by atoms with Crippen LogP contribution in [0.15, 0.2) is 53.4 Å². The predicted molar refractivity (Wildman–Crippen MR) is 116 cm³/mol. The van der Waals surface area contributed by atoms with Crippen LogP contribution in [0.4, 0.5) is 5.69 Å². The lowest BCUT2D eigenvalue weighted by Gasteiger charge is -2.27. The van der Waals surface area contributed by atoms with Crippen LogP contribution in [0, 0.1) is 10.1 Å². The summed E-state index contributed by atoms with van der Waals surface area (Å²) in [5, 5.41) is 14.3. The second-order valence-electron chi connectivity index (χ2n) is 6.90.